The summed E-state index contributed by atoms with van der Waals surface area (Å²) in [6.45, 7) is 16.2. The Morgan fingerprint density at radius 3 is 2.71 bits per heavy atom. The van der Waals surface area contributed by atoms with Crippen LogP contribution in [-0.4, -0.2) is 35.2 Å². The predicted octanol–water partition coefficient (Wildman–Crippen LogP) is 5.96. The van der Waals surface area contributed by atoms with E-state index in [1.165, 1.54) is 23.3 Å². The molecule has 2 aromatic heterocycles. The van der Waals surface area contributed by atoms with E-state index < -0.39 is 0 Å². The lowest BCUT2D eigenvalue weighted by molar-refractivity contribution is -0.108. The van der Waals surface area contributed by atoms with Crippen molar-refractivity contribution >= 4 is 11.3 Å². The van der Waals surface area contributed by atoms with E-state index in [0.717, 1.165) is 37.5 Å². The number of hydrogen-bond acceptors (Lipinski definition) is 4. The van der Waals surface area contributed by atoms with E-state index in [-0.39, 0.29) is 11.0 Å². The zero-order valence-corrected chi connectivity index (χ0v) is 19.2. The molecular formula is C24H36N2OS. The Morgan fingerprint density at radius 2 is 2.07 bits per heavy atom. The minimum Gasteiger partial charge on any atom is -0.375 e. The quantitative estimate of drug-likeness (QED) is 0.546. The number of ether oxygens (including phenoxy) is 1. The van der Waals surface area contributed by atoms with E-state index in [1.807, 2.05) is 11.3 Å². The van der Waals surface area contributed by atoms with E-state index in [4.69, 9.17) is 9.72 Å². The fourth-order valence-electron chi connectivity index (χ4n) is 4.90. The molecule has 0 aliphatic carbocycles. The summed E-state index contributed by atoms with van der Waals surface area (Å²) >= 11 is 1.87. The van der Waals surface area contributed by atoms with Gasteiger partial charge in [0.15, 0.2) is 0 Å². The first-order valence-electron chi connectivity index (χ1n) is 10.6. The summed E-state index contributed by atoms with van der Waals surface area (Å²) in [5, 5.41) is 2.19. The van der Waals surface area contributed by atoms with Gasteiger partial charge in [-0.1, -0.05) is 12.1 Å². The lowest BCUT2D eigenvalue weighted by atomic mass is 9.69. The van der Waals surface area contributed by atoms with Gasteiger partial charge in [-0.05, 0) is 90.4 Å². The minimum atomic E-state index is -0.131. The van der Waals surface area contributed by atoms with Crippen LogP contribution in [0.25, 0.3) is 0 Å². The molecule has 1 fully saturated rings. The van der Waals surface area contributed by atoms with Crippen LogP contribution in [0.5, 0.6) is 0 Å². The Labute approximate surface area is 175 Å². The number of nitrogens with zero attached hydrogens (tertiary/aromatic N) is 2. The molecule has 0 radical (unpaired) electrons. The number of rotatable bonds is 8. The summed E-state index contributed by atoms with van der Waals surface area (Å²) in [7, 11) is 0. The van der Waals surface area contributed by atoms with Crippen molar-refractivity contribution in [3.05, 3.63) is 51.5 Å². The Kier molecular flexibility index (Phi) is 6.63. The third kappa shape index (κ3) is 4.34. The summed E-state index contributed by atoms with van der Waals surface area (Å²) in [5.41, 5.74) is 3.65. The second-order valence-corrected chi connectivity index (χ2v) is 9.86. The highest BCUT2D eigenvalue weighted by Gasteiger charge is 2.50. The van der Waals surface area contributed by atoms with Crippen molar-refractivity contribution in [3.8, 4) is 0 Å². The zero-order chi connectivity index (χ0) is 20.4. The van der Waals surface area contributed by atoms with Crippen LogP contribution >= 0.6 is 11.3 Å². The van der Waals surface area contributed by atoms with Crippen molar-refractivity contribution in [1.82, 2.24) is 9.88 Å². The van der Waals surface area contributed by atoms with Gasteiger partial charge in [0.25, 0.3) is 0 Å². The number of pyridine rings is 1. The van der Waals surface area contributed by atoms with Crippen LogP contribution in [0.2, 0.25) is 0 Å². The van der Waals surface area contributed by atoms with Gasteiger partial charge in [-0.2, -0.15) is 0 Å². The van der Waals surface area contributed by atoms with E-state index in [9.17, 15) is 0 Å². The van der Waals surface area contributed by atoms with Crippen molar-refractivity contribution in [2.45, 2.75) is 72.4 Å². The van der Waals surface area contributed by atoms with E-state index in [1.54, 1.807) is 0 Å². The molecule has 0 bridgehead atoms. The Hall–Kier alpha value is -1.23. The molecule has 0 spiro atoms. The van der Waals surface area contributed by atoms with Gasteiger partial charge in [-0.3, -0.25) is 9.88 Å². The van der Waals surface area contributed by atoms with Crippen LogP contribution in [0.4, 0.5) is 0 Å². The van der Waals surface area contributed by atoms with E-state index in [2.05, 4.69) is 76.1 Å². The van der Waals surface area contributed by atoms with Gasteiger partial charge in [-0.25, -0.2) is 0 Å². The summed E-state index contributed by atoms with van der Waals surface area (Å²) in [6, 6.07) is 9.22. The van der Waals surface area contributed by atoms with Gasteiger partial charge >= 0.3 is 0 Å². The van der Waals surface area contributed by atoms with Crippen molar-refractivity contribution in [2.24, 2.45) is 5.41 Å². The highest BCUT2D eigenvalue weighted by molar-refractivity contribution is 7.09. The van der Waals surface area contributed by atoms with Gasteiger partial charge in [-0.15, -0.1) is 11.3 Å². The largest absolute Gasteiger partial charge is 0.375 e. The standard InChI is InChI=1S/C24H36N2OS/c1-7-27-23(5,6)24(13-12-21-9-8-16-28-21)14-15-26(17-24)20(4)22-11-10-18(2)25-19(22)3/h8-11,16,20H,7,12-15,17H2,1-6H3. The maximum atomic E-state index is 6.32. The highest BCUT2D eigenvalue weighted by Crippen LogP contribution is 2.48. The molecule has 3 rings (SSSR count). The van der Waals surface area contributed by atoms with Crippen LogP contribution in [0, 0.1) is 19.3 Å². The molecule has 0 N–H and O–H groups in total. The molecule has 2 aromatic rings. The topological polar surface area (TPSA) is 25.4 Å². The number of aryl methyl sites for hydroxylation is 3. The van der Waals surface area contributed by atoms with Gasteiger partial charge < -0.3 is 4.74 Å². The maximum Gasteiger partial charge on any atom is 0.0695 e. The average Bonchev–Trinajstić information content (AvgIpc) is 3.30. The average molecular weight is 401 g/mol. The molecule has 3 nitrogen and oxygen atoms in total. The van der Waals surface area contributed by atoms with Crippen molar-refractivity contribution < 1.29 is 4.74 Å². The van der Waals surface area contributed by atoms with Crippen molar-refractivity contribution in [2.75, 3.05) is 19.7 Å². The van der Waals surface area contributed by atoms with Gasteiger partial charge in [0.2, 0.25) is 0 Å². The lowest BCUT2D eigenvalue weighted by Gasteiger charge is -2.44. The molecule has 154 valence electrons. The molecule has 1 saturated heterocycles. The summed E-state index contributed by atoms with van der Waals surface area (Å²) in [4.78, 5) is 8.83. The third-order valence-corrected chi connectivity index (χ3v) is 7.80. The second-order valence-electron chi connectivity index (χ2n) is 8.83. The summed E-state index contributed by atoms with van der Waals surface area (Å²) < 4.78 is 6.32. The van der Waals surface area contributed by atoms with Crippen molar-refractivity contribution in [3.63, 3.8) is 0 Å². The fourth-order valence-corrected chi connectivity index (χ4v) is 5.61. The molecule has 0 aromatic carbocycles. The molecule has 4 heteroatoms. The van der Waals surface area contributed by atoms with E-state index in [0.29, 0.717) is 6.04 Å². The molecule has 1 aliphatic rings. The minimum absolute atomic E-state index is 0.131. The van der Waals surface area contributed by atoms with Gasteiger partial charge in [0.05, 0.1) is 5.60 Å². The molecule has 3 heterocycles. The summed E-state index contributed by atoms with van der Waals surface area (Å²) in [5.74, 6) is 0. The highest BCUT2D eigenvalue weighted by atomic mass is 32.1. The van der Waals surface area contributed by atoms with E-state index >= 15 is 0 Å². The van der Waals surface area contributed by atoms with Gasteiger partial charge in [0.1, 0.15) is 0 Å². The summed E-state index contributed by atoms with van der Waals surface area (Å²) in [6.07, 6.45) is 3.50. The number of aromatic nitrogens is 1. The van der Waals surface area contributed by atoms with Crippen LogP contribution in [0.3, 0.4) is 0 Å². The third-order valence-electron chi connectivity index (χ3n) is 6.86. The van der Waals surface area contributed by atoms with Crippen molar-refractivity contribution in [1.29, 1.82) is 0 Å². The molecule has 0 saturated carbocycles. The number of likely N-dealkylation sites (tertiary alicyclic amines) is 1. The SMILES string of the molecule is CCOC(C)(C)C1(CCc2cccs2)CCN(C(C)c2ccc(C)nc2C)C1. The molecule has 28 heavy (non-hydrogen) atoms. The van der Waals surface area contributed by atoms with Gasteiger partial charge in [0, 0.05) is 40.9 Å². The normalized spacial score (nSPS) is 21.9. The number of thiophene rings is 1. The zero-order valence-electron chi connectivity index (χ0n) is 18.4. The fraction of sp³-hybridized carbons (Fsp3) is 0.625. The number of hydrogen-bond donors (Lipinski definition) is 0. The second kappa shape index (κ2) is 8.64. The molecule has 2 unspecified atom stereocenters. The monoisotopic (exact) mass is 400 g/mol. The molecule has 1 aliphatic heterocycles. The first kappa shape index (κ1) is 21.5. The van der Waals surface area contributed by atoms with Crippen LogP contribution in [0.1, 0.15) is 68.4 Å². The predicted molar refractivity (Wildman–Crippen MR) is 119 cm³/mol. The lowest BCUT2D eigenvalue weighted by Crippen LogP contribution is -2.48. The first-order valence-corrected chi connectivity index (χ1v) is 11.5. The Balaban J connectivity index is 1.81. The molecule has 0 amide bonds. The molecular weight excluding hydrogens is 364 g/mol. The maximum absolute atomic E-state index is 6.32. The van der Waals surface area contributed by atoms with Crippen LogP contribution < -0.4 is 0 Å². The molecule has 2 atom stereocenters. The smallest absolute Gasteiger partial charge is 0.0695 e. The first-order chi connectivity index (χ1) is 13.3. The Bertz CT molecular complexity index is 771. The Morgan fingerprint density at radius 1 is 1.29 bits per heavy atom. The van der Waals surface area contributed by atoms with Crippen LogP contribution in [0.15, 0.2) is 29.6 Å². The van der Waals surface area contributed by atoms with Crippen LogP contribution in [-0.2, 0) is 11.2 Å².